The normalized spacial score (nSPS) is 14.2. The van der Waals surface area contributed by atoms with Crippen LogP contribution < -0.4 is 15.0 Å². The van der Waals surface area contributed by atoms with Gasteiger partial charge in [-0.3, -0.25) is 9.59 Å². The summed E-state index contributed by atoms with van der Waals surface area (Å²) in [5.74, 6) is -0.447. The van der Waals surface area contributed by atoms with Crippen LogP contribution in [0.2, 0.25) is 0 Å². The van der Waals surface area contributed by atoms with Crippen molar-refractivity contribution in [1.82, 2.24) is 5.32 Å². The maximum atomic E-state index is 12.2. The summed E-state index contributed by atoms with van der Waals surface area (Å²) in [5, 5.41) is 2.77. The van der Waals surface area contributed by atoms with Crippen molar-refractivity contribution in [3.8, 4) is 5.75 Å². The van der Waals surface area contributed by atoms with Crippen molar-refractivity contribution >= 4 is 17.5 Å². The summed E-state index contributed by atoms with van der Waals surface area (Å²) in [7, 11) is 0. The lowest BCUT2D eigenvalue weighted by Gasteiger charge is -2.15. The topological polar surface area (TPSA) is 58.6 Å². The predicted molar refractivity (Wildman–Crippen MR) is 97.2 cm³/mol. The van der Waals surface area contributed by atoms with E-state index in [1.807, 2.05) is 0 Å². The van der Waals surface area contributed by atoms with E-state index in [-0.39, 0.29) is 17.6 Å². The maximum absolute atomic E-state index is 12.2. The van der Waals surface area contributed by atoms with Crippen molar-refractivity contribution in [2.45, 2.75) is 25.6 Å². The van der Waals surface area contributed by atoms with Crippen LogP contribution in [0.15, 0.2) is 48.5 Å². The van der Waals surface area contributed by atoms with E-state index in [0.29, 0.717) is 31.5 Å². The fraction of sp³-hybridized carbons (Fsp3) is 0.300. The average molecular weight is 392 g/mol. The Bertz CT molecular complexity index is 833. The van der Waals surface area contributed by atoms with Gasteiger partial charge in [0.05, 0.1) is 0 Å². The van der Waals surface area contributed by atoms with Gasteiger partial charge in [0.2, 0.25) is 5.91 Å². The molecule has 1 saturated heterocycles. The van der Waals surface area contributed by atoms with Crippen molar-refractivity contribution in [2.24, 2.45) is 0 Å². The van der Waals surface area contributed by atoms with Gasteiger partial charge in [-0.1, -0.05) is 12.1 Å². The molecule has 1 fully saturated rings. The lowest BCUT2D eigenvalue weighted by molar-refractivity contribution is -0.274. The molecule has 1 N–H and O–H groups in total. The highest BCUT2D eigenvalue weighted by molar-refractivity contribution is 5.97. The lowest BCUT2D eigenvalue weighted by atomic mass is 10.1. The summed E-state index contributed by atoms with van der Waals surface area (Å²) in [6.07, 6.45) is -2.86. The Labute approximate surface area is 160 Å². The van der Waals surface area contributed by atoms with E-state index >= 15 is 0 Å². The average Bonchev–Trinajstić information content (AvgIpc) is 3.08. The van der Waals surface area contributed by atoms with Gasteiger partial charge in [0.25, 0.3) is 5.91 Å². The number of nitrogens with one attached hydrogen (secondary N) is 1. The van der Waals surface area contributed by atoms with Crippen molar-refractivity contribution < 1.29 is 27.5 Å². The van der Waals surface area contributed by atoms with E-state index in [9.17, 15) is 22.8 Å². The van der Waals surface area contributed by atoms with Crippen LogP contribution in [0.4, 0.5) is 18.9 Å². The number of amides is 2. The Morgan fingerprint density at radius 1 is 1.07 bits per heavy atom. The second-order valence-electron chi connectivity index (χ2n) is 6.39. The minimum Gasteiger partial charge on any atom is -0.406 e. The first-order valence-corrected chi connectivity index (χ1v) is 8.85. The van der Waals surface area contributed by atoms with Gasteiger partial charge in [-0.15, -0.1) is 13.2 Å². The van der Waals surface area contributed by atoms with E-state index in [1.165, 1.54) is 24.3 Å². The minimum absolute atomic E-state index is 0.0869. The van der Waals surface area contributed by atoms with E-state index in [2.05, 4.69) is 10.1 Å². The zero-order chi connectivity index (χ0) is 20.1. The Morgan fingerprint density at radius 3 is 2.32 bits per heavy atom. The summed E-state index contributed by atoms with van der Waals surface area (Å²) in [5.41, 5.74) is 2.03. The molecule has 148 valence electrons. The lowest BCUT2D eigenvalue weighted by Crippen LogP contribution is -2.26. The van der Waals surface area contributed by atoms with Gasteiger partial charge in [0.15, 0.2) is 0 Å². The van der Waals surface area contributed by atoms with Gasteiger partial charge >= 0.3 is 6.36 Å². The first kappa shape index (κ1) is 19.7. The molecule has 0 atom stereocenters. The number of hydrogen-bond acceptors (Lipinski definition) is 3. The molecule has 0 unspecified atom stereocenters. The van der Waals surface area contributed by atoms with Crippen LogP contribution in [-0.2, 0) is 11.2 Å². The van der Waals surface area contributed by atoms with Crippen molar-refractivity contribution in [1.29, 1.82) is 0 Å². The third-order valence-electron chi connectivity index (χ3n) is 4.37. The summed E-state index contributed by atoms with van der Waals surface area (Å²) >= 11 is 0. The maximum Gasteiger partial charge on any atom is 0.573 e. The molecule has 0 bridgehead atoms. The highest BCUT2D eigenvalue weighted by Gasteiger charge is 2.30. The SMILES string of the molecule is O=C(NCCc1ccc(OC(F)(F)F)cc1)c1ccc(N2CCCC2=O)cc1. The summed E-state index contributed by atoms with van der Waals surface area (Å²) in [6.45, 7) is 1.03. The molecule has 1 aliphatic heterocycles. The van der Waals surface area contributed by atoms with Crippen LogP contribution in [0.25, 0.3) is 0 Å². The first-order chi connectivity index (χ1) is 13.3. The number of ether oxygens (including phenoxy) is 1. The fourth-order valence-electron chi connectivity index (χ4n) is 2.99. The van der Waals surface area contributed by atoms with Crippen molar-refractivity contribution in [3.63, 3.8) is 0 Å². The molecule has 1 heterocycles. The van der Waals surface area contributed by atoms with E-state index < -0.39 is 6.36 Å². The van der Waals surface area contributed by atoms with Crippen LogP contribution in [-0.4, -0.2) is 31.3 Å². The summed E-state index contributed by atoms with van der Waals surface area (Å²) in [4.78, 5) is 25.7. The molecule has 0 radical (unpaired) electrons. The smallest absolute Gasteiger partial charge is 0.406 e. The number of carbonyl (C=O) groups excluding carboxylic acids is 2. The molecule has 2 aromatic carbocycles. The third kappa shape index (κ3) is 5.25. The zero-order valence-corrected chi connectivity index (χ0v) is 15.0. The molecule has 0 spiro atoms. The number of carbonyl (C=O) groups is 2. The second kappa shape index (κ2) is 8.33. The van der Waals surface area contributed by atoms with Gasteiger partial charge in [-0.2, -0.15) is 0 Å². The molecule has 0 aromatic heterocycles. The summed E-state index contributed by atoms with van der Waals surface area (Å²) in [6, 6.07) is 12.4. The number of halogens is 3. The fourth-order valence-corrected chi connectivity index (χ4v) is 2.99. The van der Waals surface area contributed by atoms with Gasteiger partial charge in [-0.25, -0.2) is 0 Å². The second-order valence-corrected chi connectivity index (χ2v) is 6.39. The summed E-state index contributed by atoms with van der Waals surface area (Å²) < 4.78 is 40.2. The highest BCUT2D eigenvalue weighted by atomic mass is 19.4. The predicted octanol–water partition coefficient (Wildman–Crippen LogP) is 3.68. The molecular formula is C20H19F3N2O3. The molecule has 0 aliphatic carbocycles. The molecule has 0 saturated carbocycles. The number of rotatable bonds is 6. The highest BCUT2D eigenvalue weighted by Crippen LogP contribution is 2.23. The Hall–Kier alpha value is -3.03. The Balaban J connectivity index is 1.48. The quantitative estimate of drug-likeness (QED) is 0.816. The van der Waals surface area contributed by atoms with Crippen LogP contribution in [0.3, 0.4) is 0 Å². The zero-order valence-electron chi connectivity index (χ0n) is 15.0. The standard InChI is InChI=1S/C20H19F3N2O3/c21-20(22,23)28-17-9-3-14(4-10-17)11-12-24-19(27)15-5-7-16(8-6-15)25-13-1-2-18(25)26/h3-10H,1-2,11-13H2,(H,24,27). The van der Waals surface area contributed by atoms with Crippen LogP contribution in [0.5, 0.6) is 5.75 Å². The molecule has 28 heavy (non-hydrogen) atoms. The molecule has 3 rings (SSSR count). The van der Waals surface area contributed by atoms with Gasteiger partial charge < -0.3 is 15.0 Å². The van der Waals surface area contributed by atoms with Crippen LogP contribution in [0, 0.1) is 0 Å². The number of nitrogens with zero attached hydrogens (tertiary/aromatic N) is 1. The minimum atomic E-state index is -4.72. The van der Waals surface area contributed by atoms with Crippen molar-refractivity contribution in [3.05, 3.63) is 59.7 Å². The first-order valence-electron chi connectivity index (χ1n) is 8.85. The molecule has 1 aliphatic rings. The van der Waals surface area contributed by atoms with Crippen molar-refractivity contribution in [2.75, 3.05) is 18.0 Å². The molecule has 8 heteroatoms. The van der Waals surface area contributed by atoms with Crippen LogP contribution in [0.1, 0.15) is 28.8 Å². The van der Waals surface area contributed by atoms with E-state index in [1.54, 1.807) is 29.2 Å². The molecule has 5 nitrogen and oxygen atoms in total. The number of hydrogen-bond donors (Lipinski definition) is 1. The Morgan fingerprint density at radius 2 is 1.75 bits per heavy atom. The van der Waals surface area contributed by atoms with E-state index in [0.717, 1.165) is 17.7 Å². The van der Waals surface area contributed by atoms with Gasteiger partial charge in [0.1, 0.15) is 5.75 Å². The number of benzene rings is 2. The third-order valence-corrected chi connectivity index (χ3v) is 4.37. The number of anilines is 1. The van der Waals surface area contributed by atoms with Gasteiger partial charge in [0, 0.05) is 30.8 Å². The number of alkyl halides is 3. The molecule has 2 amide bonds. The van der Waals surface area contributed by atoms with Crippen LogP contribution >= 0.6 is 0 Å². The largest absolute Gasteiger partial charge is 0.573 e. The monoisotopic (exact) mass is 392 g/mol. The molecule has 2 aromatic rings. The van der Waals surface area contributed by atoms with E-state index in [4.69, 9.17) is 0 Å². The molecular weight excluding hydrogens is 373 g/mol. The Kier molecular flexibility index (Phi) is 5.87. The van der Waals surface area contributed by atoms with Gasteiger partial charge in [-0.05, 0) is 54.8 Å².